The molecular formula is C30H60N4O2. The molecule has 4 aliphatic rings. The maximum Gasteiger partial charge on any atom is 0.0466 e. The molecule has 36 heavy (non-hydrogen) atoms. The summed E-state index contributed by atoms with van der Waals surface area (Å²) in [6.45, 7) is 22.5. The third-order valence-corrected chi connectivity index (χ3v) is 9.43. The lowest BCUT2D eigenvalue weighted by atomic mass is 9.72. The minimum Gasteiger partial charge on any atom is -0.381 e. The third-order valence-electron chi connectivity index (χ3n) is 9.43. The molecule has 0 spiro atoms. The Morgan fingerprint density at radius 3 is 1.00 bits per heavy atom. The summed E-state index contributed by atoms with van der Waals surface area (Å²) in [7, 11) is 8.49. The molecule has 4 aliphatic heterocycles. The molecule has 4 heterocycles. The average Bonchev–Trinajstić information content (AvgIpc) is 3.54. The van der Waals surface area contributed by atoms with Crippen LogP contribution in [0.2, 0.25) is 0 Å². The smallest absolute Gasteiger partial charge is 0.0466 e. The van der Waals surface area contributed by atoms with E-state index in [4.69, 9.17) is 9.47 Å². The van der Waals surface area contributed by atoms with Gasteiger partial charge in [-0.25, -0.2) is 10.0 Å². The van der Waals surface area contributed by atoms with Gasteiger partial charge in [-0.1, -0.05) is 39.8 Å². The van der Waals surface area contributed by atoms with Crippen LogP contribution in [0.5, 0.6) is 0 Å². The fourth-order valence-corrected chi connectivity index (χ4v) is 4.38. The number of nitrogens with zero attached hydrogens (tertiary/aromatic N) is 4. The van der Waals surface area contributed by atoms with E-state index < -0.39 is 0 Å². The highest BCUT2D eigenvalue weighted by atomic mass is 16.5. The molecule has 0 aliphatic carbocycles. The maximum absolute atomic E-state index is 4.94. The first-order chi connectivity index (χ1) is 16.6. The van der Waals surface area contributed by atoms with Gasteiger partial charge in [0, 0.05) is 78.1 Å². The van der Waals surface area contributed by atoms with Gasteiger partial charge in [-0.05, 0) is 77.0 Å². The summed E-state index contributed by atoms with van der Waals surface area (Å²) < 4.78 is 9.89. The first-order valence-corrected chi connectivity index (χ1v) is 14.0. The van der Waals surface area contributed by atoms with Crippen LogP contribution in [0.1, 0.15) is 93.9 Å². The van der Waals surface area contributed by atoms with Gasteiger partial charge < -0.3 is 19.5 Å². The van der Waals surface area contributed by atoms with E-state index in [2.05, 4.69) is 128 Å². The summed E-state index contributed by atoms with van der Waals surface area (Å²) in [5, 5.41) is 8.93. The number of hydrogen-bond acceptors (Lipinski definition) is 6. The van der Waals surface area contributed by atoms with Crippen LogP contribution in [-0.2, 0) is 9.47 Å². The first kappa shape index (κ1) is 32.9. The van der Waals surface area contributed by atoms with Crippen molar-refractivity contribution >= 4 is 0 Å². The summed E-state index contributed by atoms with van der Waals surface area (Å²) in [6.07, 6.45) is 16.2. The topological polar surface area (TPSA) is 31.4 Å². The number of hydrogen-bond donors (Lipinski definition) is 0. The van der Waals surface area contributed by atoms with Crippen molar-refractivity contribution in [3.63, 3.8) is 0 Å². The van der Waals surface area contributed by atoms with Crippen LogP contribution in [0, 0.1) is 10.8 Å². The molecule has 0 aromatic heterocycles. The predicted octanol–water partition coefficient (Wildman–Crippen LogP) is 6.57. The molecule has 0 aromatic rings. The monoisotopic (exact) mass is 508 g/mol. The van der Waals surface area contributed by atoms with E-state index in [0.29, 0.717) is 10.8 Å². The molecule has 0 N–H and O–H groups in total. The van der Waals surface area contributed by atoms with Crippen molar-refractivity contribution in [1.82, 2.24) is 20.0 Å². The minimum absolute atomic E-state index is 0.186. The lowest BCUT2D eigenvalue weighted by Crippen LogP contribution is -2.55. The fraction of sp³-hybridized carbons (Fsp3) is 0.867. The number of hydrazine groups is 2. The SMILES string of the molecule is C1CCOC1.C1CCOC1.CN1C=CCC(C)(C)C(C)(C)N1C.CN1C=CCC(C)(C)C(C)(C)N1C. The zero-order valence-corrected chi connectivity index (χ0v) is 26.0. The highest BCUT2D eigenvalue weighted by Crippen LogP contribution is 2.41. The van der Waals surface area contributed by atoms with Crippen molar-refractivity contribution < 1.29 is 9.47 Å². The predicted molar refractivity (Wildman–Crippen MR) is 154 cm³/mol. The molecule has 212 valence electrons. The van der Waals surface area contributed by atoms with E-state index >= 15 is 0 Å². The molecule has 0 bridgehead atoms. The Hall–Kier alpha value is -1.08. The lowest BCUT2D eigenvalue weighted by Gasteiger charge is -2.48. The van der Waals surface area contributed by atoms with E-state index in [9.17, 15) is 0 Å². The molecular weight excluding hydrogens is 448 g/mol. The molecule has 0 radical (unpaired) electrons. The molecule has 2 fully saturated rings. The second kappa shape index (κ2) is 14.2. The standard InChI is InChI=1S/2C11H22N2.2C4H8O/c2*1-10(2)8-7-9-12(5)13(6)11(10,3)4;2*1-2-4-5-3-1/h2*7,9H,8H2,1-6H3;2*1-4H2. The molecule has 0 amide bonds. The summed E-state index contributed by atoms with van der Waals surface area (Å²) in [6, 6.07) is 0. The highest BCUT2D eigenvalue weighted by molar-refractivity contribution is 5.03. The Morgan fingerprint density at radius 2 is 0.778 bits per heavy atom. The van der Waals surface area contributed by atoms with E-state index in [1.807, 2.05) is 0 Å². The molecule has 0 atom stereocenters. The Bertz CT molecular complexity index is 603. The van der Waals surface area contributed by atoms with Crippen LogP contribution in [0.25, 0.3) is 0 Å². The first-order valence-electron chi connectivity index (χ1n) is 14.0. The summed E-state index contributed by atoms with van der Waals surface area (Å²) >= 11 is 0. The van der Waals surface area contributed by atoms with Crippen LogP contribution in [-0.4, -0.2) is 85.7 Å². The van der Waals surface area contributed by atoms with E-state index in [1.165, 1.54) is 25.7 Å². The molecule has 6 nitrogen and oxygen atoms in total. The van der Waals surface area contributed by atoms with Crippen molar-refractivity contribution in [2.45, 2.75) is 105 Å². The normalized spacial score (nSPS) is 26.4. The molecule has 0 unspecified atom stereocenters. The zero-order chi connectivity index (χ0) is 27.6. The van der Waals surface area contributed by atoms with Gasteiger partial charge in [0.2, 0.25) is 0 Å². The second-order valence-corrected chi connectivity index (χ2v) is 12.9. The number of allylic oxidation sites excluding steroid dienone is 2. The quantitative estimate of drug-likeness (QED) is 0.368. The Balaban J connectivity index is 0.000000262. The van der Waals surface area contributed by atoms with Crippen molar-refractivity contribution in [3.8, 4) is 0 Å². The Morgan fingerprint density at radius 1 is 0.500 bits per heavy atom. The molecule has 6 heteroatoms. The van der Waals surface area contributed by atoms with Crippen molar-refractivity contribution in [3.05, 3.63) is 24.6 Å². The molecule has 0 aromatic carbocycles. The lowest BCUT2D eigenvalue weighted by molar-refractivity contribution is -0.0734. The number of ether oxygens (including phenoxy) is 2. The fourth-order valence-electron chi connectivity index (χ4n) is 4.38. The van der Waals surface area contributed by atoms with Crippen LogP contribution in [0.4, 0.5) is 0 Å². The Kier molecular flexibility index (Phi) is 13.0. The van der Waals surface area contributed by atoms with Crippen molar-refractivity contribution in [1.29, 1.82) is 0 Å². The second-order valence-electron chi connectivity index (χ2n) is 12.9. The van der Waals surface area contributed by atoms with Gasteiger partial charge in [-0.15, -0.1) is 0 Å². The zero-order valence-electron chi connectivity index (χ0n) is 26.0. The third kappa shape index (κ3) is 9.04. The molecule has 4 rings (SSSR count). The van der Waals surface area contributed by atoms with Gasteiger partial charge in [0.25, 0.3) is 0 Å². The van der Waals surface area contributed by atoms with Crippen LogP contribution < -0.4 is 0 Å². The van der Waals surface area contributed by atoms with Gasteiger partial charge in [-0.3, -0.25) is 0 Å². The van der Waals surface area contributed by atoms with Gasteiger partial charge >= 0.3 is 0 Å². The van der Waals surface area contributed by atoms with E-state index in [1.54, 1.807) is 0 Å². The van der Waals surface area contributed by atoms with Crippen molar-refractivity contribution in [2.24, 2.45) is 10.8 Å². The highest BCUT2D eigenvalue weighted by Gasteiger charge is 2.42. The van der Waals surface area contributed by atoms with Crippen molar-refractivity contribution in [2.75, 3.05) is 54.6 Å². The molecule has 2 saturated heterocycles. The Labute approximate surface area is 224 Å². The molecule has 0 saturated carbocycles. The average molecular weight is 509 g/mol. The van der Waals surface area contributed by atoms with Gasteiger partial charge in [-0.2, -0.15) is 0 Å². The van der Waals surface area contributed by atoms with Gasteiger partial charge in [0.1, 0.15) is 0 Å². The largest absolute Gasteiger partial charge is 0.381 e. The summed E-state index contributed by atoms with van der Waals surface area (Å²) in [5.41, 5.74) is 0.989. The van der Waals surface area contributed by atoms with Crippen LogP contribution in [0.15, 0.2) is 24.6 Å². The van der Waals surface area contributed by atoms with Crippen LogP contribution >= 0.6 is 0 Å². The summed E-state index contributed by atoms with van der Waals surface area (Å²) in [5.74, 6) is 0. The maximum atomic E-state index is 4.94. The van der Waals surface area contributed by atoms with Crippen LogP contribution in [0.3, 0.4) is 0 Å². The van der Waals surface area contributed by atoms with E-state index in [0.717, 1.165) is 39.3 Å². The minimum atomic E-state index is 0.186. The van der Waals surface area contributed by atoms with Gasteiger partial charge in [0.05, 0.1) is 0 Å². The van der Waals surface area contributed by atoms with Gasteiger partial charge in [0.15, 0.2) is 0 Å². The number of rotatable bonds is 0. The van der Waals surface area contributed by atoms with E-state index in [-0.39, 0.29) is 11.1 Å². The summed E-state index contributed by atoms with van der Waals surface area (Å²) in [4.78, 5) is 0.